The minimum Gasteiger partial charge on any atom is -0.494 e. The van der Waals surface area contributed by atoms with Crippen LogP contribution in [0.4, 0.5) is 5.69 Å². The van der Waals surface area contributed by atoms with E-state index in [-0.39, 0.29) is 5.91 Å². The number of pyridine rings is 1. The topological polar surface area (TPSA) is 60.5 Å². The zero-order valence-corrected chi connectivity index (χ0v) is 15.9. The number of hydrogen-bond donors (Lipinski definition) is 1. The molecule has 0 aliphatic carbocycles. The van der Waals surface area contributed by atoms with Crippen molar-refractivity contribution in [2.75, 3.05) is 11.9 Å². The molecule has 3 aromatic rings. The van der Waals surface area contributed by atoms with Crippen LogP contribution in [0, 0.1) is 0 Å². The quantitative estimate of drug-likeness (QED) is 0.591. The van der Waals surface area contributed by atoms with Crippen LogP contribution < -0.4 is 14.8 Å². The van der Waals surface area contributed by atoms with E-state index in [1.807, 2.05) is 73.7 Å². The molecule has 0 spiro atoms. The lowest BCUT2D eigenvalue weighted by molar-refractivity contribution is -0.116. The molecule has 5 nitrogen and oxygen atoms in total. The fourth-order valence-electron chi connectivity index (χ4n) is 2.78. The molecule has 3 rings (SSSR count). The van der Waals surface area contributed by atoms with Crippen LogP contribution in [0.15, 0.2) is 72.9 Å². The van der Waals surface area contributed by atoms with Gasteiger partial charge in [-0.25, -0.2) is 0 Å². The van der Waals surface area contributed by atoms with Crippen LogP contribution in [-0.4, -0.2) is 17.5 Å². The number of benzene rings is 2. The van der Waals surface area contributed by atoms with Crippen molar-refractivity contribution in [2.45, 2.75) is 26.4 Å². The molecule has 0 radical (unpaired) electrons. The number of carbonyl (C=O) groups excluding carboxylic acids is 1. The Morgan fingerprint density at radius 2 is 1.86 bits per heavy atom. The number of aromatic nitrogens is 1. The van der Waals surface area contributed by atoms with Crippen molar-refractivity contribution >= 4 is 11.6 Å². The Kier molecular flexibility index (Phi) is 7.01. The monoisotopic (exact) mass is 376 g/mol. The number of amides is 1. The third-order valence-electron chi connectivity index (χ3n) is 4.12. The number of carbonyl (C=O) groups is 1. The molecule has 1 aromatic heterocycles. The molecule has 0 bridgehead atoms. The first-order valence-electron chi connectivity index (χ1n) is 9.38. The summed E-state index contributed by atoms with van der Waals surface area (Å²) in [6.07, 6.45) is 2.74. The molecule has 2 aromatic carbocycles. The predicted octanol–water partition coefficient (Wildman–Crippen LogP) is 4.63. The SMILES string of the molecule is CCOc1ccccc1CCC(=O)Nc1cccc(OCc2ccccn2)c1. The first-order valence-corrected chi connectivity index (χ1v) is 9.38. The van der Waals surface area contributed by atoms with Crippen LogP contribution in [0.5, 0.6) is 11.5 Å². The summed E-state index contributed by atoms with van der Waals surface area (Å²) in [6, 6.07) is 20.9. The van der Waals surface area contributed by atoms with Crippen LogP contribution >= 0.6 is 0 Å². The van der Waals surface area contributed by atoms with E-state index in [1.165, 1.54) is 0 Å². The van der Waals surface area contributed by atoms with Gasteiger partial charge in [0.05, 0.1) is 12.3 Å². The molecule has 144 valence electrons. The first kappa shape index (κ1) is 19.4. The molecular formula is C23H24N2O3. The third kappa shape index (κ3) is 5.84. The Hall–Kier alpha value is -3.34. The molecular weight excluding hydrogens is 352 g/mol. The maximum absolute atomic E-state index is 12.3. The van der Waals surface area contributed by atoms with Crippen molar-refractivity contribution in [1.29, 1.82) is 0 Å². The summed E-state index contributed by atoms with van der Waals surface area (Å²) in [5.41, 5.74) is 2.60. The second-order valence-electron chi connectivity index (χ2n) is 6.23. The van der Waals surface area contributed by atoms with Gasteiger partial charge in [0.2, 0.25) is 5.91 Å². The number of nitrogens with one attached hydrogen (secondary N) is 1. The zero-order valence-electron chi connectivity index (χ0n) is 15.9. The molecule has 0 atom stereocenters. The van der Waals surface area contributed by atoms with Gasteiger partial charge in [-0.05, 0) is 49.2 Å². The zero-order chi connectivity index (χ0) is 19.6. The van der Waals surface area contributed by atoms with Crippen molar-refractivity contribution in [3.8, 4) is 11.5 Å². The minimum absolute atomic E-state index is 0.0480. The highest BCUT2D eigenvalue weighted by atomic mass is 16.5. The van der Waals surface area contributed by atoms with Gasteiger partial charge in [0, 0.05) is 24.4 Å². The second kappa shape index (κ2) is 10.1. The van der Waals surface area contributed by atoms with Crippen LogP contribution in [0.2, 0.25) is 0 Å². The van der Waals surface area contributed by atoms with Gasteiger partial charge in [0.25, 0.3) is 0 Å². The number of aryl methyl sites for hydroxylation is 1. The van der Waals surface area contributed by atoms with Gasteiger partial charge in [0.1, 0.15) is 18.1 Å². The number of para-hydroxylation sites is 1. The average Bonchev–Trinajstić information content (AvgIpc) is 2.73. The maximum Gasteiger partial charge on any atom is 0.224 e. The van der Waals surface area contributed by atoms with E-state index in [9.17, 15) is 4.79 Å². The Morgan fingerprint density at radius 3 is 2.68 bits per heavy atom. The summed E-state index contributed by atoms with van der Waals surface area (Å²) in [5, 5.41) is 2.93. The summed E-state index contributed by atoms with van der Waals surface area (Å²) in [7, 11) is 0. The van der Waals surface area contributed by atoms with Crippen molar-refractivity contribution in [2.24, 2.45) is 0 Å². The van der Waals surface area contributed by atoms with Crippen LogP contribution in [-0.2, 0) is 17.8 Å². The highest BCUT2D eigenvalue weighted by Crippen LogP contribution is 2.21. The normalized spacial score (nSPS) is 10.3. The minimum atomic E-state index is -0.0480. The van der Waals surface area contributed by atoms with Crippen molar-refractivity contribution < 1.29 is 14.3 Å². The first-order chi connectivity index (χ1) is 13.7. The lowest BCUT2D eigenvalue weighted by atomic mass is 10.1. The number of anilines is 1. The van der Waals surface area contributed by atoms with Crippen molar-refractivity contribution in [3.63, 3.8) is 0 Å². The molecule has 5 heteroatoms. The number of hydrogen-bond acceptors (Lipinski definition) is 4. The summed E-state index contributed by atoms with van der Waals surface area (Å²) in [6.45, 7) is 2.94. The third-order valence-corrected chi connectivity index (χ3v) is 4.12. The fraction of sp³-hybridized carbons (Fsp3) is 0.217. The molecule has 0 aliphatic rings. The van der Waals surface area contributed by atoms with E-state index in [0.29, 0.717) is 37.5 Å². The Morgan fingerprint density at radius 1 is 1.00 bits per heavy atom. The lowest BCUT2D eigenvalue weighted by Gasteiger charge is -2.11. The predicted molar refractivity (Wildman–Crippen MR) is 110 cm³/mol. The smallest absolute Gasteiger partial charge is 0.224 e. The highest BCUT2D eigenvalue weighted by Gasteiger charge is 2.08. The van der Waals surface area contributed by atoms with Gasteiger partial charge in [0.15, 0.2) is 0 Å². The number of rotatable bonds is 9. The molecule has 0 aliphatic heterocycles. The van der Waals surface area contributed by atoms with E-state index >= 15 is 0 Å². The van der Waals surface area contributed by atoms with Gasteiger partial charge < -0.3 is 14.8 Å². The Bertz CT molecular complexity index is 897. The molecule has 1 amide bonds. The molecule has 28 heavy (non-hydrogen) atoms. The van der Waals surface area contributed by atoms with Gasteiger partial charge in [-0.1, -0.05) is 30.3 Å². The summed E-state index contributed by atoms with van der Waals surface area (Å²) < 4.78 is 11.4. The molecule has 0 unspecified atom stereocenters. The van der Waals surface area contributed by atoms with Crippen LogP contribution in [0.25, 0.3) is 0 Å². The second-order valence-corrected chi connectivity index (χ2v) is 6.23. The van der Waals surface area contributed by atoms with Crippen molar-refractivity contribution in [1.82, 2.24) is 4.98 Å². The number of nitrogens with zero attached hydrogens (tertiary/aromatic N) is 1. The van der Waals surface area contributed by atoms with Gasteiger partial charge in [-0.3, -0.25) is 9.78 Å². The molecule has 1 heterocycles. The standard InChI is InChI=1S/C23H24N2O3/c1-2-27-22-12-4-3-8-18(22)13-14-23(26)25-19-10-7-11-21(16-19)28-17-20-9-5-6-15-24-20/h3-12,15-16H,2,13-14,17H2,1H3,(H,25,26). The van der Waals surface area contributed by atoms with E-state index in [4.69, 9.17) is 9.47 Å². The summed E-state index contributed by atoms with van der Waals surface area (Å²) in [4.78, 5) is 16.6. The highest BCUT2D eigenvalue weighted by molar-refractivity contribution is 5.91. The van der Waals surface area contributed by atoms with Gasteiger partial charge in [-0.15, -0.1) is 0 Å². The van der Waals surface area contributed by atoms with E-state index in [1.54, 1.807) is 6.20 Å². The molecule has 0 saturated heterocycles. The van der Waals surface area contributed by atoms with E-state index in [0.717, 1.165) is 17.0 Å². The molecule has 1 N–H and O–H groups in total. The van der Waals surface area contributed by atoms with Gasteiger partial charge >= 0.3 is 0 Å². The lowest BCUT2D eigenvalue weighted by Crippen LogP contribution is -2.12. The summed E-state index contributed by atoms with van der Waals surface area (Å²) >= 11 is 0. The van der Waals surface area contributed by atoms with E-state index in [2.05, 4.69) is 10.3 Å². The van der Waals surface area contributed by atoms with Crippen LogP contribution in [0.1, 0.15) is 24.6 Å². The summed E-state index contributed by atoms with van der Waals surface area (Å²) in [5.74, 6) is 1.47. The molecule has 0 fully saturated rings. The fourth-order valence-corrected chi connectivity index (χ4v) is 2.78. The van der Waals surface area contributed by atoms with Gasteiger partial charge in [-0.2, -0.15) is 0 Å². The molecule has 0 saturated carbocycles. The largest absolute Gasteiger partial charge is 0.494 e. The Balaban J connectivity index is 1.53. The average molecular weight is 376 g/mol. The van der Waals surface area contributed by atoms with Crippen LogP contribution in [0.3, 0.4) is 0 Å². The Labute approximate surface area is 165 Å². The van der Waals surface area contributed by atoms with Crippen molar-refractivity contribution in [3.05, 3.63) is 84.2 Å². The maximum atomic E-state index is 12.3. The number of ether oxygens (including phenoxy) is 2. The van der Waals surface area contributed by atoms with E-state index < -0.39 is 0 Å².